The van der Waals surface area contributed by atoms with E-state index in [1.165, 1.54) is 5.56 Å². The first-order valence-electron chi connectivity index (χ1n) is 9.99. The molecule has 1 aromatic carbocycles. The highest BCUT2D eigenvalue weighted by atomic mass is 32.2. The van der Waals surface area contributed by atoms with Crippen molar-refractivity contribution in [3.63, 3.8) is 0 Å². The molecule has 2 aromatic rings. The first-order valence-corrected chi connectivity index (χ1v) is 11.2. The maximum atomic E-state index is 12.7. The molecule has 0 atom stereocenters. The van der Waals surface area contributed by atoms with Gasteiger partial charge in [-0.15, -0.1) is 0 Å². The summed E-state index contributed by atoms with van der Waals surface area (Å²) in [7, 11) is 0. The van der Waals surface area contributed by atoms with E-state index in [4.69, 9.17) is 0 Å². The molecule has 3 rings (SSSR count). The molecule has 0 radical (unpaired) electrons. The molecule has 1 amide bonds. The summed E-state index contributed by atoms with van der Waals surface area (Å²) in [5.74, 6) is 0.246. The lowest BCUT2D eigenvalue weighted by atomic mass is 10.1. The summed E-state index contributed by atoms with van der Waals surface area (Å²) in [6.45, 7) is 8.66. The fourth-order valence-corrected chi connectivity index (χ4v) is 4.16. The zero-order valence-electron chi connectivity index (χ0n) is 17.1. The molecule has 1 aliphatic heterocycles. The van der Waals surface area contributed by atoms with Crippen molar-refractivity contribution in [1.29, 1.82) is 0 Å². The molecule has 5 nitrogen and oxygen atoms in total. The molecule has 28 heavy (non-hydrogen) atoms. The van der Waals surface area contributed by atoms with Crippen molar-refractivity contribution in [2.24, 2.45) is 0 Å². The van der Waals surface area contributed by atoms with Crippen LogP contribution in [0.1, 0.15) is 28.9 Å². The number of aromatic nitrogens is 2. The number of benzene rings is 1. The number of aryl methyl sites for hydroxylation is 2. The Morgan fingerprint density at radius 3 is 2.25 bits per heavy atom. The van der Waals surface area contributed by atoms with E-state index in [9.17, 15) is 4.79 Å². The van der Waals surface area contributed by atoms with Gasteiger partial charge in [0.15, 0.2) is 5.16 Å². The lowest BCUT2D eigenvalue weighted by molar-refractivity contribution is -0.132. The summed E-state index contributed by atoms with van der Waals surface area (Å²) in [4.78, 5) is 26.2. The van der Waals surface area contributed by atoms with Crippen LogP contribution in [-0.2, 0) is 17.6 Å². The summed E-state index contributed by atoms with van der Waals surface area (Å²) in [6, 6.07) is 10.6. The molecular formula is C22H30N4OS. The normalized spacial score (nSPS) is 15.0. The molecule has 1 aliphatic rings. The van der Waals surface area contributed by atoms with Crippen molar-refractivity contribution in [2.45, 2.75) is 38.3 Å². The summed E-state index contributed by atoms with van der Waals surface area (Å²) in [6.07, 6.45) is 4.31. The number of nitrogens with zero attached hydrogens (tertiary/aromatic N) is 4. The van der Waals surface area contributed by atoms with Crippen molar-refractivity contribution in [3.05, 3.63) is 52.8 Å². The maximum Gasteiger partial charge on any atom is 0.222 e. The van der Waals surface area contributed by atoms with Crippen molar-refractivity contribution >= 4 is 17.7 Å². The summed E-state index contributed by atoms with van der Waals surface area (Å²) in [5.41, 5.74) is 4.49. The van der Waals surface area contributed by atoms with Crippen LogP contribution >= 0.6 is 11.8 Å². The second kappa shape index (κ2) is 10.0. The van der Waals surface area contributed by atoms with Gasteiger partial charge in [0.2, 0.25) is 5.91 Å². The highest BCUT2D eigenvalue weighted by molar-refractivity contribution is 7.98. The number of thioether (sulfide) groups is 1. The third-order valence-electron chi connectivity index (χ3n) is 5.46. The van der Waals surface area contributed by atoms with Gasteiger partial charge in [-0.2, -0.15) is 0 Å². The van der Waals surface area contributed by atoms with Gasteiger partial charge in [0.1, 0.15) is 0 Å². The number of hydrogen-bond acceptors (Lipinski definition) is 5. The van der Waals surface area contributed by atoms with E-state index >= 15 is 0 Å². The highest BCUT2D eigenvalue weighted by Gasteiger charge is 2.21. The van der Waals surface area contributed by atoms with E-state index in [1.54, 1.807) is 11.8 Å². The Hall–Kier alpha value is -1.92. The Kier molecular flexibility index (Phi) is 7.45. The Morgan fingerprint density at radius 2 is 1.64 bits per heavy atom. The van der Waals surface area contributed by atoms with Crippen LogP contribution in [0.15, 0.2) is 35.5 Å². The van der Waals surface area contributed by atoms with Gasteiger partial charge in [-0.05, 0) is 44.1 Å². The second-order valence-electron chi connectivity index (χ2n) is 7.32. The molecule has 6 heteroatoms. The molecule has 0 spiro atoms. The standard InChI is InChI=1S/C22H30N4OS/c1-17-20(18(2)24-22(23-17)28-3)9-10-21(27)26-15-13-25(14-16-26)12-11-19-7-5-4-6-8-19/h4-8H,9-16H2,1-3H3. The largest absolute Gasteiger partial charge is 0.340 e. The van der Waals surface area contributed by atoms with Crippen molar-refractivity contribution < 1.29 is 4.79 Å². The molecule has 0 aliphatic carbocycles. The van der Waals surface area contributed by atoms with Gasteiger partial charge < -0.3 is 4.90 Å². The van der Waals surface area contributed by atoms with Gasteiger partial charge in [0.05, 0.1) is 0 Å². The van der Waals surface area contributed by atoms with Crippen LogP contribution < -0.4 is 0 Å². The van der Waals surface area contributed by atoms with Gasteiger partial charge in [-0.3, -0.25) is 9.69 Å². The van der Waals surface area contributed by atoms with E-state index in [-0.39, 0.29) is 5.91 Å². The van der Waals surface area contributed by atoms with Gasteiger partial charge in [0, 0.05) is 50.5 Å². The van der Waals surface area contributed by atoms with E-state index in [0.29, 0.717) is 6.42 Å². The molecule has 2 heterocycles. The molecule has 0 saturated carbocycles. The monoisotopic (exact) mass is 398 g/mol. The zero-order valence-corrected chi connectivity index (χ0v) is 18.0. The third kappa shape index (κ3) is 5.55. The number of amides is 1. The lowest BCUT2D eigenvalue weighted by Crippen LogP contribution is -2.49. The fourth-order valence-electron chi connectivity index (χ4n) is 3.70. The summed E-state index contributed by atoms with van der Waals surface area (Å²) < 4.78 is 0. The first kappa shape index (κ1) is 20.8. The lowest BCUT2D eigenvalue weighted by Gasteiger charge is -2.35. The Morgan fingerprint density at radius 1 is 1.00 bits per heavy atom. The summed E-state index contributed by atoms with van der Waals surface area (Å²) in [5, 5.41) is 0.803. The first-order chi connectivity index (χ1) is 13.6. The van der Waals surface area contributed by atoms with E-state index < -0.39 is 0 Å². The van der Waals surface area contributed by atoms with E-state index in [1.807, 2.05) is 25.0 Å². The molecule has 1 saturated heterocycles. The molecule has 1 aromatic heterocycles. The number of hydrogen-bond donors (Lipinski definition) is 0. The predicted molar refractivity (Wildman–Crippen MR) is 115 cm³/mol. The van der Waals surface area contributed by atoms with Crippen molar-refractivity contribution in [3.8, 4) is 0 Å². The predicted octanol–water partition coefficient (Wildman–Crippen LogP) is 3.13. The van der Waals surface area contributed by atoms with Crippen LogP contribution in [0.2, 0.25) is 0 Å². The van der Waals surface area contributed by atoms with E-state index in [0.717, 1.165) is 67.7 Å². The Labute approximate surface area is 172 Å². The minimum Gasteiger partial charge on any atom is -0.340 e. The second-order valence-corrected chi connectivity index (χ2v) is 8.09. The Balaban J connectivity index is 1.44. The zero-order chi connectivity index (χ0) is 19.9. The minimum atomic E-state index is 0.246. The van der Waals surface area contributed by atoms with E-state index in [2.05, 4.69) is 45.2 Å². The van der Waals surface area contributed by atoms with Crippen LogP contribution in [0, 0.1) is 13.8 Å². The molecule has 150 valence electrons. The molecule has 1 fully saturated rings. The smallest absolute Gasteiger partial charge is 0.222 e. The quantitative estimate of drug-likeness (QED) is 0.530. The average Bonchev–Trinajstić information content (AvgIpc) is 2.72. The Bertz CT molecular complexity index is 765. The molecule has 0 bridgehead atoms. The van der Waals surface area contributed by atoms with Crippen LogP contribution in [0.25, 0.3) is 0 Å². The molecular weight excluding hydrogens is 368 g/mol. The average molecular weight is 399 g/mol. The van der Waals surface area contributed by atoms with Gasteiger partial charge in [0.25, 0.3) is 0 Å². The number of carbonyl (C=O) groups is 1. The van der Waals surface area contributed by atoms with Crippen molar-refractivity contribution in [2.75, 3.05) is 39.0 Å². The topological polar surface area (TPSA) is 49.3 Å². The third-order valence-corrected chi connectivity index (χ3v) is 6.00. The van der Waals surface area contributed by atoms with Crippen LogP contribution in [-0.4, -0.2) is 64.7 Å². The van der Waals surface area contributed by atoms with Crippen LogP contribution in [0.3, 0.4) is 0 Å². The van der Waals surface area contributed by atoms with Crippen LogP contribution in [0.4, 0.5) is 0 Å². The maximum absolute atomic E-state index is 12.7. The van der Waals surface area contributed by atoms with Crippen LogP contribution in [0.5, 0.6) is 0 Å². The number of rotatable bonds is 7. The SMILES string of the molecule is CSc1nc(C)c(CCC(=O)N2CCN(CCc3ccccc3)CC2)c(C)n1. The molecule has 0 unspecified atom stereocenters. The van der Waals surface area contributed by atoms with Gasteiger partial charge in [-0.25, -0.2) is 9.97 Å². The van der Waals surface area contributed by atoms with Crippen molar-refractivity contribution in [1.82, 2.24) is 19.8 Å². The minimum absolute atomic E-state index is 0.246. The fraction of sp³-hybridized carbons (Fsp3) is 0.500. The molecule has 0 N–H and O–H groups in total. The van der Waals surface area contributed by atoms with Gasteiger partial charge in [-0.1, -0.05) is 42.1 Å². The van der Waals surface area contributed by atoms with Gasteiger partial charge >= 0.3 is 0 Å². The highest BCUT2D eigenvalue weighted by Crippen LogP contribution is 2.18. The number of piperazine rings is 1. The number of carbonyl (C=O) groups excluding carboxylic acids is 1. The summed E-state index contributed by atoms with van der Waals surface area (Å²) >= 11 is 1.55.